The molecule has 0 saturated carbocycles. The van der Waals surface area contributed by atoms with Gasteiger partial charge in [0, 0.05) is 5.69 Å². The Morgan fingerprint density at radius 1 is 1.14 bits per heavy atom. The number of aryl methyl sites for hydroxylation is 3. The van der Waals surface area contributed by atoms with E-state index in [0.717, 1.165) is 0 Å². The average Bonchev–Trinajstić information content (AvgIpc) is 2.37. The Labute approximate surface area is 127 Å². The van der Waals surface area contributed by atoms with Gasteiger partial charge in [0.25, 0.3) is 16.0 Å². The van der Waals surface area contributed by atoms with E-state index >= 15 is 0 Å². The standard InChI is InChI=1S/C12H14ClN5O2S/c1-6-4-9(13)11(5-10(6)14)21(19,20)18-12-15-7(2)8(3)16-17-12/h4-5H,14H2,1-3H3,(H,15,17,18). The molecule has 112 valence electrons. The van der Waals surface area contributed by atoms with E-state index in [4.69, 9.17) is 17.3 Å². The molecule has 0 fully saturated rings. The zero-order chi connectivity index (χ0) is 15.8. The number of hydrogen-bond donors (Lipinski definition) is 2. The molecule has 3 N–H and O–H groups in total. The highest BCUT2D eigenvalue weighted by Gasteiger charge is 2.21. The number of anilines is 2. The number of sulfonamides is 1. The molecule has 1 aromatic carbocycles. The molecule has 0 bridgehead atoms. The quantitative estimate of drug-likeness (QED) is 0.832. The van der Waals surface area contributed by atoms with Gasteiger partial charge in [-0.1, -0.05) is 11.6 Å². The zero-order valence-electron chi connectivity index (χ0n) is 11.7. The lowest BCUT2D eigenvalue weighted by atomic mass is 10.2. The van der Waals surface area contributed by atoms with Gasteiger partial charge in [-0.05, 0) is 38.5 Å². The third-order valence-corrected chi connectivity index (χ3v) is 4.72. The summed E-state index contributed by atoms with van der Waals surface area (Å²) < 4.78 is 26.9. The number of nitrogens with zero attached hydrogens (tertiary/aromatic N) is 3. The Balaban J connectivity index is 2.43. The Bertz CT molecular complexity index is 808. The average molecular weight is 328 g/mol. The van der Waals surface area contributed by atoms with E-state index in [2.05, 4.69) is 19.9 Å². The largest absolute Gasteiger partial charge is 0.398 e. The molecule has 2 rings (SSSR count). The van der Waals surface area contributed by atoms with Crippen LogP contribution in [0, 0.1) is 20.8 Å². The van der Waals surface area contributed by atoms with Crippen LogP contribution in [-0.4, -0.2) is 23.6 Å². The van der Waals surface area contributed by atoms with Gasteiger partial charge in [-0.15, -0.1) is 5.10 Å². The highest BCUT2D eigenvalue weighted by atomic mass is 35.5. The van der Waals surface area contributed by atoms with Crippen LogP contribution in [0.15, 0.2) is 17.0 Å². The Morgan fingerprint density at radius 2 is 1.81 bits per heavy atom. The monoisotopic (exact) mass is 327 g/mol. The van der Waals surface area contributed by atoms with Crippen molar-refractivity contribution in [2.75, 3.05) is 10.5 Å². The molecule has 0 aliphatic rings. The Hall–Kier alpha value is -1.93. The van der Waals surface area contributed by atoms with E-state index in [0.29, 0.717) is 22.6 Å². The summed E-state index contributed by atoms with van der Waals surface area (Å²) in [6, 6.07) is 2.79. The van der Waals surface area contributed by atoms with E-state index < -0.39 is 10.0 Å². The minimum Gasteiger partial charge on any atom is -0.398 e. The molecule has 0 aliphatic carbocycles. The van der Waals surface area contributed by atoms with E-state index in [1.54, 1.807) is 20.8 Å². The summed E-state index contributed by atoms with van der Waals surface area (Å²) in [5.74, 6) is -0.117. The molecule has 0 radical (unpaired) electrons. The van der Waals surface area contributed by atoms with E-state index in [1.807, 2.05) is 0 Å². The summed E-state index contributed by atoms with van der Waals surface area (Å²) >= 11 is 5.98. The van der Waals surface area contributed by atoms with Gasteiger partial charge in [-0.3, -0.25) is 0 Å². The van der Waals surface area contributed by atoms with Gasteiger partial charge in [-0.25, -0.2) is 18.1 Å². The van der Waals surface area contributed by atoms with Crippen molar-refractivity contribution in [1.29, 1.82) is 0 Å². The van der Waals surface area contributed by atoms with Crippen molar-refractivity contribution in [1.82, 2.24) is 15.2 Å². The highest BCUT2D eigenvalue weighted by molar-refractivity contribution is 7.92. The second-order valence-corrected chi connectivity index (χ2v) is 6.61. The fourth-order valence-corrected chi connectivity index (χ4v) is 3.11. The number of nitrogen functional groups attached to an aromatic ring is 1. The molecule has 2 aromatic rings. The summed E-state index contributed by atoms with van der Waals surface area (Å²) in [6.07, 6.45) is 0. The summed E-state index contributed by atoms with van der Waals surface area (Å²) in [5, 5.41) is 7.58. The topological polar surface area (TPSA) is 111 Å². The summed E-state index contributed by atoms with van der Waals surface area (Å²) in [5.41, 5.74) is 7.96. The smallest absolute Gasteiger partial charge is 0.265 e. The second kappa shape index (κ2) is 5.45. The van der Waals surface area contributed by atoms with E-state index in [1.165, 1.54) is 12.1 Å². The maximum absolute atomic E-state index is 12.3. The number of aromatic nitrogens is 3. The number of nitrogens with one attached hydrogen (secondary N) is 1. The Morgan fingerprint density at radius 3 is 2.43 bits per heavy atom. The first-order chi connectivity index (χ1) is 9.70. The summed E-state index contributed by atoms with van der Waals surface area (Å²) in [6.45, 7) is 5.17. The molecule has 0 atom stereocenters. The SMILES string of the molecule is Cc1cc(Cl)c(S(=O)(=O)Nc2nnc(C)c(C)n2)cc1N. The lowest BCUT2D eigenvalue weighted by molar-refractivity contribution is 0.600. The van der Waals surface area contributed by atoms with Crippen LogP contribution in [-0.2, 0) is 10.0 Å². The molecule has 9 heteroatoms. The first kappa shape index (κ1) is 15.5. The molecule has 0 aliphatic heterocycles. The van der Waals surface area contributed by atoms with Crippen molar-refractivity contribution < 1.29 is 8.42 Å². The van der Waals surface area contributed by atoms with Crippen molar-refractivity contribution in [3.63, 3.8) is 0 Å². The third kappa shape index (κ3) is 3.22. The third-order valence-electron chi connectivity index (χ3n) is 2.93. The molecule has 0 saturated heterocycles. The van der Waals surface area contributed by atoms with Crippen LogP contribution in [0.1, 0.15) is 17.0 Å². The van der Waals surface area contributed by atoms with Gasteiger partial charge in [-0.2, -0.15) is 5.10 Å². The van der Waals surface area contributed by atoms with Crippen molar-refractivity contribution in [3.8, 4) is 0 Å². The summed E-state index contributed by atoms with van der Waals surface area (Å²) in [4.78, 5) is 3.88. The zero-order valence-corrected chi connectivity index (χ0v) is 13.2. The minimum absolute atomic E-state index is 0.0750. The lowest BCUT2D eigenvalue weighted by Gasteiger charge is -2.10. The van der Waals surface area contributed by atoms with Crippen LogP contribution in [0.3, 0.4) is 0 Å². The number of halogens is 1. The van der Waals surface area contributed by atoms with Crippen molar-refractivity contribution >= 4 is 33.3 Å². The minimum atomic E-state index is -3.94. The number of nitrogens with two attached hydrogens (primary N) is 1. The number of rotatable bonds is 3. The molecule has 21 heavy (non-hydrogen) atoms. The first-order valence-corrected chi connectivity index (χ1v) is 7.83. The highest BCUT2D eigenvalue weighted by Crippen LogP contribution is 2.27. The van der Waals surface area contributed by atoms with E-state index in [-0.39, 0.29) is 15.9 Å². The molecule has 1 heterocycles. The van der Waals surface area contributed by atoms with Gasteiger partial charge in [0.1, 0.15) is 4.90 Å². The van der Waals surface area contributed by atoms with Crippen LogP contribution < -0.4 is 10.5 Å². The van der Waals surface area contributed by atoms with Crippen molar-refractivity contribution in [2.24, 2.45) is 0 Å². The fraction of sp³-hybridized carbons (Fsp3) is 0.250. The van der Waals surface area contributed by atoms with Crippen LogP contribution >= 0.6 is 11.6 Å². The number of benzene rings is 1. The van der Waals surface area contributed by atoms with Gasteiger partial charge < -0.3 is 5.73 Å². The van der Waals surface area contributed by atoms with Crippen LogP contribution in [0.25, 0.3) is 0 Å². The lowest BCUT2D eigenvalue weighted by Crippen LogP contribution is -2.17. The fourth-order valence-electron chi connectivity index (χ4n) is 1.55. The molecule has 0 spiro atoms. The molecular formula is C12H14ClN5O2S. The molecule has 0 amide bonds. The second-order valence-electron chi connectivity index (χ2n) is 4.55. The molecular weight excluding hydrogens is 314 g/mol. The molecule has 7 nitrogen and oxygen atoms in total. The van der Waals surface area contributed by atoms with Gasteiger partial charge in [0.2, 0.25) is 0 Å². The van der Waals surface area contributed by atoms with Crippen LogP contribution in [0.5, 0.6) is 0 Å². The maximum Gasteiger partial charge on any atom is 0.265 e. The van der Waals surface area contributed by atoms with E-state index in [9.17, 15) is 8.42 Å². The first-order valence-electron chi connectivity index (χ1n) is 5.97. The number of hydrogen-bond acceptors (Lipinski definition) is 6. The van der Waals surface area contributed by atoms with Crippen molar-refractivity contribution in [2.45, 2.75) is 25.7 Å². The summed E-state index contributed by atoms with van der Waals surface area (Å²) in [7, 11) is -3.94. The normalized spacial score (nSPS) is 11.4. The van der Waals surface area contributed by atoms with Crippen LogP contribution in [0.4, 0.5) is 11.6 Å². The van der Waals surface area contributed by atoms with Crippen molar-refractivity contribution in [3.05, 3.63) is 34.1 Å². The predicted octanol–water partition coefficient (Wildman–Crippen LogP) is 1.83. The van der Waals surface area contributed by atoms with Gasteiger partial charge in [0.15, 0.2) is 0 Å². The van der Waals surface area contributed by atoms with Gasteiger partial charge in [0.05, 0.1) is 16.4 Å². The Kier molecular flexibility index (Phi) is 4.02. The predicted molar refractivity (Wildman–Crippen MR) is 80.7 cm³/mol. The maximum atomic E-state index is 12.3. The van der Waals surface area contributed by atoms with Crippen LogP contribution in [0.2, 0.25) is 5.02 Å². The van der Waals surface area contributed by atoms with Gasteiger partial charge >= 0.3 is 0 Å². The molecule has 0 unspecified atom stereocenters. The molecule has 1 aromatic heterocycles.